The molecule has 1 aromatic carbocycles. The van der Waals surface area contributed by atoms with Gasteiger partial charge in [-0.2, -0.15) is 0 Å². The minimum atomic E-state index is -0.944. The quantitative estimate of drug-likeness (QED) is 0.547. The van der Waals surface area contributed by atoms with Gasteiger partial charge in [-0.15, -0.1) is 17.9 Å². The van der Waals surface area contributed by atoms with Crippen LogP contribution in [-0.2, 0) is 22.5 Å². The maximum Gasteiger partial charge on any atom is 0.254 e. The monoisotopic (exact) mass is 433 g/mol. The van der Waals surface area contributed by atoms with E-state index in [0.29, 0.717) is 32.7 Å². The highest BCUT2D eigenvalue weighted by atomic mass is 32.1. The van der Waals surface area contributed by atoms with Crippen LogP contribution in [0, 0.1) is 0 Å². The van der Waals surface area contributed by atoms with Gasteiger partial charge in [0.05, 0.1) is 12.3 Å². The second kappa shape index (κ2) is 10.0. The number of ether oxygens (including phenoxy) is 1. The van der Waals surface area contributed by atoms with Gasteiger partial charge in [-0.25, -0.2) is 0 Å². The fraction of sp³-hybridized carbons (Fsp3) is 0.280. The van der Waals surface area contributed by atoms with Crippen molar-refractivity contribution in [2.45, 2.75) is 18.6 Å². The van der Waals surface area contributed by atoms with Crippen molar-refractivity contribution in [2.24, 2.45) is 0 Å². The summed E-state index contributed by atoms with van der Waals surface area (Å²) in [5.74, 6) is -0.0968. The van der Waals surface area contributed by atoms with E-state index in [1.165, 1.54) is 10.4 Å². The number of thiophene rings is 1. The highest BCUT2D eigenvalue weighted by Gasteiger charge is 2.43. The second-order valence-electron chi connectivity index (χ2n) is 7.72. The number of hydrogen-bond donors (Lipinski definition) is 1. The van der Waals surface area contributed by atoms with Crippen molar-refractivity contribution in [2.75, 3.05) is 26.2 Å². The summed E-state index contributed by atoms with van der Waals surface area (Å²) in [7, 11) is 0. The van der Waals surface area contributed by atoms with Crippen molar-refractivity contribution >= 4 is 17.2 Å². The lowest BCUT2D eigenvalue weighted by atomic mass is 9.90. The number of amides is 1. The molecular formula is C25H27N3O2S. The number of carbonyl (C=O) groups excluding carboxylic acids is 1. The molecule has 3 heterocycles. The Labute approximate surface area is 187 Å². The summed E-state index contributed by atoms with van der Waals surface area (Å²) in [5.41, 5.74) is 2.31. The van der Waals surface area contributed by atoms with Gasteiger partial charge >= 0.3 is 0 Å². The van der Waals surface area contributed by atoms with E-state index >= 15 is 0 Å². The van der Waals surface area contributed by atoms with E-state index in [1.807, 2.05) is 18.2 Å². The lowest BCUT2D eigenvalue weighted by Gasteiger charge is -2.41. The Kier molecular flexibility index (Phi) is 6.92. The molecule has 3 aromatic rings. The Balaban J connectivity index is 1.54. The zero-order valence-corrected chi connectivity index (χ0v) is 18.3. The Morgan fingerprint density at radius 1 is 1.23 bits per heavy atom. The third kappa shape index (κ3) is 5.28. The SMILES string of the molecule is C=CCNC(=O)[C@]1(Cc2ccc(-c3cccs3)cc2)CN(Cc2ccccn2)CCO1. The molecule has 31 heavy (non-hydrogen) atoms. The molecule has 6 heteroatoms. The van der Waals surface area contributed by atoms with E-state index < -0.39 is 5.60 Å². The number of aromatic nitrogens is 1. The van der Waals surface area contributed by atoms with Crippen molar-refractivity contribution in [1.82, 2.24) is 15.2 Å². The van der Waals surface area contributed by atoms with Gasteiger partial charge in [-0.3, -0.25) is 14.7 Å². The lowest BCUT2D eigenvalue weighted by molar-refractivity contribution is -0.160. The van der Waals surface area contributed by atoms with Crippen LogP contribution in [0.5, 0.6) is 0 Å². The molecule has 4 rings (SSSR count). The number of pyridine rings is 1. The van der Waals surface area contributed by atoms with E-state index in [1.54, 1.807) is 23.6 Å². The van der Waals surface area contributed by atoms with Crippen molar-refractivity contribution in [1.29, 1.82) is 0 Å². The van der Waals surface area contributed by atoms with Crippen LogP contribution in [0.1, 0.15) is 11.3 Å². The van der Waals surface area contributed by atoms with Crippen LogP contribution in [0.4, 0.5) is 0 Å². The predicted molar refractivity (Wildman–Crippen MR) is 125 cm³/mol. The summed E-state index contributed by atoms with van der Waals surface area (Å²) >= 11 is 1.72. The number of hydrogen-bond acceptors (Lipinski definition) is 5. The molecule has 0 bridgehead atoms. The van der Waals surface area contributed by atoms with Crippen LogP contribution in [0.2, 0.25) is 0 Å². The summed E-state index contributed by atoms with van der Waals surface area (Å²) in [4.78, 5) is 21.1. The average molecular weight is 434 g/mol. The fourth-order valence-electron chi connectivity index (χ4n) is 3.92. The van der Waals surface area contributed by atoms with Crippen molar-refractivity contribution < 1.29 is 9.53 Å². The summed E-state index contributed by atoms with van der Waals surface area (Å²) in [6, 6.07) is 18.5. The van der Waals surface area contributed by atoms with Crippen molar-refractivity contribution in [3.05, 3.63) is 90.1 Å². The zero-order valence-electron chi connectivity index (χ0n) is 17.5. The number of nitrogens with zero attached hydrogens (tertiary/aromatic N) is 2. The Morgan fingerprint density at radius 2 is 2.10 bits per heavy atom. The smallest absolute Gasteiger partial charge is 0.254 e. The number of nitrogens with one attached hydrogen (secondary N) is 1. The third-order valence-electron chi connectivity index (χ3n) is 5.45. The largest absolute Gasteiger partial charge is 0.362 e. The lowest BCUT2D eigenvalue weighted by Crippen LogP contribution is -2.61. The Hall–Kier alpha value is -2.80. The number of morpholine rings is 1. The van der Waals surface area contributed by atoms with Crippen molar-refractivity contribution in [3.8, 4) is 10.4 Å². The molecule has 1 aliphatic heterocycles. The first-order valence-corrected chi connectivity index (χ1v) is 11.3. The molecule has 1 amide bonds. The molecule has 0 unspecified atom stereocenters. The van der Waals surface area contributed by atoms with Gasteiger partial charge < -0.3 is 10.1 Å². The molecule has 1 N–H and O–H groups in total. The van der Waals surface area contributed by atoms with Crippen molar-refractivity contribution in [3.63, 3.8) is 0 Å². The summed E-state index contributed by atoms with van der Waals surface area (Å²) in [5, 5.41) is 5.04. The molecule has 5 nitrogen and oxygen atoms in total. The van der Waals surface area contributed by atoms with Gasteiger partial charge in [-0.05, 0) is 34.7 Å². The minimum absolute atomic E-state index is 0.0968. The Bertz CT molecular complexity index is 989. The molecule has 0 radical (unpaired) electrons. The zero-order chi connectivity index (χ0) is 21.5. The number of benzene rings is 1. The molecular weight excluding hydrogens is 406 g/mol. The average Bonchev–Trinajstić information content (AvgIpc) is 3.34. The highest BCUT2D eigenvalue weighted by molar-refractivity contribution is 7.13. The number of carbonyl (C=O) groups is 1. The van der Waals surface area contributed by atoms with Crippen LogP contribution in [0.25, 0.3) is 10.4 Å². The molecule has 0 saturated carbocycles. The van der Waals surface area contributed by atoms with Gasteiger partial charge in [-0.1, -0.05) is 42.5 Å². The molecule has 1 saturated heterocycles. The molecule has 1 atom stereocenters. The minimum Gasteiger partial charge on any atom is -0.362 e. The van der Waals surface area contributed by atoms with Crippen LogP contribution in [-0.4, -0.2) is 47.6 Å². The van der Waals surface area contributed by atoms with E-state index in [4.69, 9.17) is 4.74 Å². The number of rotatable bonds is 8. The topological polar surface area (TPSA) is 54.5 Å². The molecule has 1 fully saturated rings. The van der Waals surface area contributed by atoms with E-state index in [0.717, 1.165) is 17.8 Å². The molecule has 1 aliphatic rings. The van der Waals surface area contributed by atoms with Crippen LogP contribution in [0.3, 0.4) is 0 Å². The van der Waals surface area contributed by atoms with E-state index in [-0.39, 0.29) is 5.91 Å². The van der Waals surface area contributed by atoms with Gasteiger partial charge in [0.15, 0.2) is 5.60 Å². The first kappa shape index (κ1) is 21.4. The van der Waals surface area contributed by atoms with E-state index in [9.17, 15) is 4.79 Å². The first-order chi connectivity index (χ1) is 15.2. The third-order valence-corrected chi connectivity index (χ3v) is 6.37. The molecule has 0 aliphatic carbocycles. The van der Waals surface area contributed by atoms with Gasteiger partial charge in [0, 0.05) is 43.7 Å². The predicted octanol–water partition coefficient (Wildman–Crippen LogP) is 3.93. The Morgan fingerprint density at radius 3 is 2.81 bits per heavy atom. The standard InChI is InChI=1S/C25H27N3O2S/c1-2-12-27-24(29)25(17-20-8-10-21(11-9-20)23-7-5-16-31-23)19-28(14-15-30-25)18-22-6-3-4-13-26-22/h2-11,13,16H,1,12,14-15,17-19H2,(H,27,29)/t25-/m0/s1. The summed E-state index contributed by atoms with van der Waals surface area (Å²) < 4.78 is 6.19. The van der Waals surface area contributed by atoms with Crippen LogP contribution < -0.4 is 5.32 Å². The maximum atomic E-state index is 13.2. The summed E-state index contributed by atoms with van der Waals surface area (Å²) in [6.07, 6.45) is 4.00. The van der Waals surface area contributed by atoms with Gasteiger partial charge in [0.1, 0.15) is 0 Å². The van der Waals surface area contributed by atoms with Gasteiger partial charge in [0.25, 0.3) is 5.91 Å². The normalized spacial score (nSPS) is 19.1. The molecule has 0 spiro atoms. The van der Waals surface area contributed by atoms with E-state index in [2.05, 4.69) is 63.6 Å². The van der Waals surface area contributed by atoms with Crippen LogP contribution >= 0.6 is 11.3 Å². The summed E-state index contributed by atoms with van der Waals surface area (Å²) in [6.45, 7) is 6.61. The highest BCUT2D eigenvalue weighted by Crippen LogP contribution is 2.28. The molecule has 2 aromatic heterocycles. The second-order valence-corrected chi connectivity index (χ2v) is 8.67. The maximum absolute atomic E-state index is 13.2. The first-order valence-electron chi connectivity index (χ1n) is 10.5. The fourth-order valence-corrected chi connectivity index (χ4v) is 4.65. The molecule has 160 valence electrons. The van der Waals surface area contributed by atoms with Crippen LogP contribution in [0.15, 0.2) is 78.8 Å². The van der Waals surface area contributed by atoms with Gasteiger partial charge in [0.2, 0.25) is 0 Å².